The van der Waals surface area contributed by atoms with E-state index in [0.29, 0.717) is 5.75 Å². The Hall–Kier alpha value is -2.55. The number of para-hydroxylation sites is 2. The number of esters is 1. The van der Waals surface area contributed by atoms with Crippen molar-refractivity contribution in [2.45, 2.75) is 57.1 Å². The molecule has 1 fully saturated rings. The molecule has 1 aliphatic carbocycles. The van der Waals surface area contributed by atoms with Crippen molar-refractivity contribution in [2.24, 2.45) is 0 Å². The third-order valence-corrected chi connectivity index (χ3v) is 5.45. The molecule has 0 radical (unpaired) electrons. The number of ether oxygens (including phenoxy) is 1. The van der Waals surface area contributed by atoms with Crippen LogP contribution in [-0.4, -0.2) is 45.9 Å². The summed E-state index contributed by atoms with van der Waals surface area (Å²) >= 11 is 1.61. The molecule has 0 saturated heterocycles. The molecule has 1 aliphatic rings. The van der Waals surface area contributed by atoms with Gasteiger partial charge in [-0.2, -0.15) is 11.8 Å². The van der Waals surface area contributed by atoms with Crippen molar-refractivity contribution in [3.8, 4) is 0 Å². The van der Waals surface area contributed by atoms with Gasteiger partial charge in [-0.25, -0.2) is 9.78 Å². The molecule has 0 aliphatic heterocycles. The number of aromatic nitrogens is 2. The summed E-state index contributed by atoms with van der Waals surface area (Å²) in [6.07, 6.45) is 4.89. The molecule has 8 nitrogen and oxygen atoms in total. The molecular weight excluding hydrogens is 392 g/mol. The lowest BCUT2D eigenvalue weighted by molar-refractivity contribution is -0.155. The summed E-state index contributed by atoms with van der Waals surface area (Å²) in [7, 11) is 0. The summed E-state index contributed by atoms with van der Waals surface area (Å²) in [6.45, 7) is 1.40. The van der Waals surface area contributed by atoms with Crippen LogP contribution in [0, 0.1) is 0 Å². The minimum atomic E-state index is -1.07. The molecule has 0 spiro atoms. The fourth-order valence-corrected chi connectivity index (χ4v) is 3.94. The number of hydrogen-bond acceptors (Lipinski definition) is 6. The minimum Gasteiger partial charge on any atom is -0.451 e. The monoisotopic (exact) mass is 418 g/mol. The van der Waals surface area contributed by atoms with Gasteiger partial charge in [0, 0.05) is 6.04 Å². The smallest absolute Gasteiger partial charge is 0.326 e. The van der Waals surface area contributed by atoms with Crippen LogP contribution >= 0.6 is 11.8 Å². The van der Waals surface area contributed by atoms with Crippen molar-refractivity contribution in [3.05, 3.63) is 30.1 Å². The van der Waals surface area contributed by atoms with Gasteiger partial charge in [0.25, 0.3) is 5.91 Å². The van der Waals surface area contributed by atoms with Crippen LogP contribution in [0.15, 0.2) is 24.3 Å². The van der Waals surface area contributed by atoms with Crippen molar-refractivity contribution in [3.63, 3.8) is 0 Å². The van der Waals surface area contributed by atoms with Gasteiger partial charge in [0.15, 0.2) is 6.10 Å². The van der Waals surface area contributed by atoms with Crippen LogP contribution in [0.3, 0.4) is 0 Å². The predicted molar refractivity (Wildman–Crippen MR) is 111 cm³/mol. The van der Waals surface area contributed by atoms with Crippen LogP contribution in [-0.2, 0) is 26.6 Å². The second-order valence-corrected chi connectivity index (χ2v) is 7.98. The quantitative estimate of drug-likeness (QED) is 0.670. The maximum atomic E-state index is 12.4. The molecule has 2 aromatic rings. The van der Waals surface area contributed by atoms with Crippen LogP contribution in [0.5, 0.6) is 0 Å². The Morgan fingerprint density at radius 3 is 2.72 bits per heavy atom. The fourth-order valence-electron chi connectivity index (χ4n) is 3.46. The van der Waals surface area contributed by atoms with Crippen LogP contribution in [0.2, 0.25) is 0 Å². The molecule has 3 rings (SSSR count). The van der Waals surface area contributed by atoms with E-state index in [1.807, 2.05) is 30.5 Å². The standard InChI is InChI=1S/C20H26N4O4S/c1-13(19(26)23-20(27)21-14-7-3-4-8-14)28-18(25)11-24-16-10-6-5-9-15(16)22-17(24)12-29-2/h5-6,9-10,13-14H,3-4,7-8,11-12H2,1-2H3,(H2,21,23,26,27)/t13-/m0/s1. The molecule has 1 heterocycles. The van der Waals surface area contributed by atoms with Crippen LogP contribution in [0.1, 0.15) is 38.4 Å². The summed E-state index contributed by atoms with van der Waals surface area (Å²) in [5.74, 6) is 0.214. The zero-order valence-corrected chi connectivity index (χ0v) is 17.5. The van der Waals surface area contributed by atoms with Crippen molar-refractivity contribution in [1.82, 2.24) is 20.2 Å². The molecule has 3 amide bonds. The second kappa shape index (κ2) is 9.78. The van der Waals surface area contributed by atoms with Crippen LogP contribution < -0.4 is 10.6 Å². The normalized spacial score (nSPS) is 15.2. The van der Waals surface area contributed by atoms with E-state index in [2.05, 4.69) is 15.6 Å². The Labute approximate surface area is 173 Å². The van der Waals surface area contributed by atoms with E-state index in [9.17, 15) is 14.4 Å². The number of benzene rings is 1. The number of hydrogen-bond donors (Lipinski definition) is 2. The van der Waals surface area contributed by atoms with Crippen molar-refractivity contribution >= 4 is 40.7 Å². The highest BCUT2D eigenvalue weighted by atomic mass is 32.2. The Balaban J connectivity index is 1.57. The van der Waals surface area contributed by atoms with E-state index in [1.54, 1.807) is 16.3 Å². The zero-order chi connectivity index (χ0) is 20.8. The van der Waals surface area contributed by atoms with Crippen molar-refractivity contribution in [2.75, 3.05) is 6.26 Å². The van der Waals surface area contributed by atoms with Gasteiger partial charge in [-0.15, -0.1) is 0 Å². The number of imide groups is 1. The van der Waals surface area contributed by atoms with Crippen LogP contribution in [0.4, 0.5) is 4.79 Å². The molecule has 0 unspecified atom stereocenters. The minimum absolute atomic E-state index is 0.0533. The lowest BCUT2D eigenvalue weighted by Gasteiger charge is -2.16. The topological polar surface area (TPSA) is 102 Å². The molecule has 29 heavy (non-hydrogen) atoms. The number of carbonyl (C=O) groups excluding carboxylic acids is 3. The Bertz CT molecular complexity index is 892. The summed E-state index contributed by atoms with van der Waals surface area (Å²) in [4.78, 5) is 41.1. The molecule has 1 atom stereocenters. The van der Waals surface area contributed by atoms with E-state index in [-0.39, 0.29) is 12.6 Å². The third kappa shape index (κ3) is 5.50. The van der Waals surface area contributed by atoms with Gasteiger partial charge < -0.3 is 14.6 Å². The highest BCUT2D eigenvalue weighted by molar-refractivity contribution is 7.97. The number of urea groups is 1. The SMILES string of the molecule is CSCc1nc2ccccc2n1CC(=O)O[C@@H](C)C(=O)NC(=O)NC1CCCC1. The van der Waals surface area contributed by atoms with Gasteiger partial charge in [0.2, 0.25) is 0 Å². The van der Waals surface area contributed by atoms with Crippen LogP contribution in [0.25, 0.3) is 11.0 Å². The van der Waals surface area contributed by atoms with Crippen molar-refractivity contribution in [1.29, 1.82) is 0 Å². The fraction of sp³-hybridized carbons (Fsp3) is 0.500. The first-order valence-electron chi connectivity index (χ1n) is 9.72. The van der Waals surface area contributed by atoms with E-state index in [4.69, 9.17) is 4.74 Å². The summed E-state index contributed by atoms with van der Waals surface area (Å²) in [5, 5.41) is 5.01. The number of rotatable bonds is 7. The maximum absolute atomic E-state index is 12.4. The molecule has 1 saturated carbocycles. The largest absolute Gasteiger partial charge is 0.451 e. The van der Waals surface area contributed by atoms with E-state index in [1.165, 1.54) is 6.92 Å². The van der Waals surface area contributed by atoms with Gasteiger partial charge in [0.1, 0.15) is 12.4 Å². The maximum Gasteiger partial charge on any atom is 0.326 e. The Morgan fingerprint density at radius 2 is 2.00 bits per heavy atom. The summed E-state index contributed by atoms with van der Waals surface area (Å²) in [6, 6.07) is 7.11. The number of nitrogens with one attached hydrogen (secondary N) is 2. The lowest BCUT2D eigenvalue weighted by Crippen LogP contribution is -2.47. The number of nitrogens with zero attached hydrogens (tertiary/aromatic N) is 2. The Kier molecular flexibility index (Phi) is 7.13. The molecule has 0 bridgehead atoms. The van der Waals surface area contributed by atoms with Gasteiger partial charge >= 0.3 is 12.0 Å². The Morgan fingerprint density at radius 1 is 1.28 bits per heavy atom. The molecule has 2 N–H and O–H groups in total. The molecule has 156 valence electrons. The van der Waals surface area contributed by atoms with Gasteiger partial charge in [0.05, 0.1) is 16.8 Å². The van der Waals surface area contributed by atoms with E-state index >= 15 is 0 Å². The first-order chi connectivity index (χ1) is 14.0. The van der Waals surface area contributed by atoms with E-state index in [0.717, 1.165) is 42.5 Å². The molecule has 1 aromatic heterocycles. The first kappa shape index (κ1) is 21.2. The van der Waals surface area contributed by atoms with Gasteiger partial charge in [-0.1, -0.05) is 25.0 Å². The highest BCUT2D eigenvalue weighted by Gasteiger charge is 2.23. The molecule has 9 heteroatoms. The number of imidazole rings is 1. The summed E-state index contributed by atoms with van der Waals surface area (Å²) < 4.78 is 7.05. The van der Waals surface area contributed by atoms with Crippen molar-refractivity contribution < 1.29 is 19.1 Å². The van der Waals surface area contributed by atoms with Gasteiger partial charge in [-0.05, 0) is 38.2 Å². The summed E-state index contributed by atoms with van der Waals surface area (Å²) in [5.41, 5.74) is 1.64. The number of amides is 3. The average Bonchev–Trinajstić information content (AvgIpc) is 3.30. The van der Waals surface area contributed by atoms with Gasteiger partial charge in [-0.3, -0.25) is 14.9 Å². The average molecular weight is 419 g/mol. The predicted octanol–water partition coefficient (Wildman–Crippen LogP) is 2.60. The first-order valence-corrected chi connectivity index (χ1v) is 11.1. The zero-order valence-electron chi connectivity index (χ0n) is 16.6. The number of thioether (sulfide) groups is 1. The lowest BCUT2D eigenvalue weighted by atomic mass is 10.2. The number of carbonyl (C=O) groups is 3. The highest BCUT2D eigenvalue weighted by Crippen LogP contribution is 2.19. The third-order valence-electron chi connectivity index (χ3n) is 4.90. The number of fused-ring (bicyclic) bond motifs is 1. The molecule has 1 aromatic carbocycles. The molecular formula is C20H26N4O4S. The second-order valence-electron chi connectivity index (χ2n) is 7.11. The van der Waals surface area contributed by atoms with E-state index < -0.39 is 24.0 Å².